The molecule has 0 spiro atoms. The lowest BCUT2D eigenvalue weighted by molar-refractivity contribution is -0.0323. The number of fused-ring (bicyclic) bond motifs is 3. The minimum absolute atomic E-state index is 0.0218. The van der Waals surface area contributed by atoms with Gasteiger partial charge in [0, 0.05) is 28.9 Å². The summed E-state index contributed by atoms with van der Waals surface area (Å²) in [5.41, 5.74) is -2.06. The molecule has 9 heteroatoms. The Morgan fingerprint density at radius 2 is 1.77 bits per heavy atom. The summed E-state index contributed by atoms with van der Waals surface area (Å²) in [5, 5.41) is 0.500. The molecule has 2 aromatic rings. The van der Waals surface area contributed by atoms with E-state index < -0.39 is 26.9 Å². The molecular weight excluding hydrogens is 467 g/mol. The van der Waals surface area contributed by atoms with E-state index in [0.29, 0.717) is 10.6 Å². The van der Waals surface area contributed by atoms with Crippen molar-refractivity contribution in [2.24, 2.45) is 5.92 Å². The van der Waals surface area contributed by atoms with Gasteiger partial charge < -0.3 is 0 Å². The average molecular weight is 488 g/mol. The molecule has 3 nitrogen and oxygen atoms in total. The van der Waals surface area contributed by atoms with Crippen LogP contribution in [-0.4, -0.2) is 31.3 Å². The van der Waals surface area contributed by atoms with E-state index in [-0.39, 0.29) is 34.7 Å². The van der Waals surface area contributed by atoms with Gasteiger partial charge in [0.1, 0.15) is 0 Å². The molecule has 31 heavy (non-hydrogen) atoms. The molecular formula is C22H21ClF3NO2S2. The van der Waals surface area contributed by atoms with Gasteiger partial charge in [-0.2, -0.15) is 17.5 Å². The highest BCUT2D eigenvalue weighted by molar-refractivity contribution is 8.04. The van der Waals surface area contributed by atoms with Crippen molar-refractivity contribution in [1.82, 2.24) is 4.31 Å². The second-order valence-electron chi connectivity index (χ2n) is 8.46. The fourth-order valence-corrected chi connectivity index (χ4v) is 7.01. The Bertz CT molecular complexity index is 1170. The summed E-state index contributed by atoms with van der Waals surface area (Å²) in [6, 6.07) is 11.5. The number of alkyl halides is 3. The van der Waals surface area contributed by atoms with Gasteiger partial charge in [0.25, 0.3) is 0 Å². The van der Waals surface area contributed by atoms with E-state index in [2.05, 4.69) is 0 Å². The third-order valence-electron chi connectivity index (χ3n) is 6.09. The number of thioether (sulfide) groups is 1. The molecule has 1 atom stereocenters. The van der Waals surface area contributed by atoms with Crippen molar-refractivity contribution in [1.29, 1.82) is 0 Å². The SMILES string of the molecule is Cc1ccc(S(=O)(=O)N2CC(SC(F)(F)F)=C3c4ccc(Cl)cc4C(C)(C)[C@@H]3C2)cc1. The molecule has 0 bridgehead atoms. The van der Waals surface area contributed by atoms with Crippen LogP contribution in [0.1, 0.15) is 30.5 Å². The Balaban J connectivity index is 1.85. The summed E-state index contributed by atoms with van der Waals surface area (Å²) in [5.74, 6) is -0.417. The highest BCUT2D eigenvalue weighted by Gasteiger charge is 2.50. The Kier molecular flexibility index (Phi) is 5.52. The van der Waals surface area contributed by atoms with Crippen molar-refractivity contribution < 1.29 is 21.6 Å². The Labute approximate surface area is 189 Å². The van der Waals surface area contributed by atoms with E-state index >= 15 is 0 Å². The zero-order valence-electron chi connectivity index (χ0n) is 17.1. The fraction of sp³-hybridized carbons (Fsp3) is 0.364. The van der Waals surface area contributed by atoms with E-state index in [1.165, 1.54) is 16.4 Å². The maximum atomic E-state index is 13.5. The van der Waals surface area contributed by atoms with Crippen molar-refractivity contribution in [3.63, 3.8) is 0 Å². The van der Waals surface area contributed by atoms with Crippen LogP contribution >= 0.6 is 23.4 Å². The molecule has 166 valence electrons. The van der Waals surface area contributed by atoms with Gasteiger partial charge in [0.15, 0.2) is 0 Å². The summed E-state index contributed by atoms with van der Waals surface area (Å²) in [6.45, 7) is 5.49. The number of nitrogens with zero attached hydrogens (tertiary/aromatic N) is 1. The van der Waals surface area contributed by atoms with Crippen molar-refractivity contribution >= 4 is 39.0 Å². The van der Waals surface area contributed by atoms with Gasteiger partial charge in [0.05, 0.1) is 4.90 Å². The van der Waals surface area contributed by atoms with E-state index in [1.807, 2.05) is 20.8 Å². The third kappa shape index (κ3) is 4.03. The molecule has 4 rings (SSSR count). The summed E-state index contributed by atoms with van der Waals surface area (Å²) >= 11 is 5.96. The summed E-state index contributed by atoms with van der Waals surface area (Å²) < 4.78 is 68.2. The van der Waals surface area contributed by atoms with Gasteiger partial charge in [-0.15, -0.1) is 0 Å². The maximum absolute atomic E-state index is 13.5. The van der Waals surface area contributed by atoms with Crippen LogP contribution < -0.4 is 0 Å². The monoisotopic (exact) mass is 487 g/mol. The van der Waals surface area contributed by atoms with Crippen LogP contribution in [0, 0.1) is 12.8 Å². The number of rotatable bonds is 3. The lowest BCUT2D eigenvalue weighted by atomic mass is 9.76. The highest BCUT2D eigenvalue weighted by Crippen LogP contribution is 2.56. The topological polar surface area (TPSA) is 37.4 Å². The van der Waals surface area contributed by atoms with Crippen LogP contribution in [0.2, 0.25) is 5.02 Å². The Morgan fingerprint density at radius 1 is 1.13 bits per heavy atom. The second kappa shape index (κ2) is 7.54. The predicted molar refractivity (Wildman–Crippen MR) is 118 cm³/mol. The van der Waals surface area contributed by atoms with Crippen LogP contribution in [0.3, 0.4) is 0 Å². The zero-order chi connectivity index (χ0) is 22.8. The third-order valence-corrected chi connectivity index (χ3v) is 8.98. The number of hydrogen-bond donors (Lipinski definition) is 0. The molecule has 0 saturated carbocycles. The highest BCUT2D eigenvalue weighted by atomic mass is 35.5. The minimum Gasteiger partial charge on any atom is -0.207 e. The smallest absolute Gasteiger partial charge is 0.207 e. The lowest BCUT2D eigenvalue weighted by Crippen LogP contribution is -2.44. The van der Waals surface area contributed by atoms with E-state index in [9.17, 15) is 21.6 Å². The molecule has 1 aliphatic carbocycles. The first-order valence-electron chi connectivity index (χ1n) is 9.67. The van der Waals surface area contributed by atoms with E-state index in [4.69, 9.17) is 11.6 Å². The van der Waals surface area contributed by atoms with Crippen molar-refractivity contribution in [3.8, 4) is 0 Å². The molecule has 2 aliphatic rings. The van der Waals surface area contributed by atoms with Crippen molar-refractivity contribution in [3.05, 3.63) is 69.1 Å². The van der Waals surface area contributed by atoms with Gasteiger partial charge in [-0.3, -0.25) is 0 Å². The van der Waals surface area contributed by atoms with Gasteiger partial charge >= 0.3 is 5.51 Å². The molecule has 0 unspecified atom stereocenters. The molecule has 0 amide bonds. The predicted octanol–water partition coefficient (Wildman–Crippen LogP) is 6.22. The lowest BCUT2D eigenvalue weighted by Gasteiger charge is -2.38. The van der Waals surface area contributed by atoms with Crippen LogP contribution in [0.15, 0.2) is 52.3 Å². The van der Waals surface area contributed by atoms with Crippen molar-refractivity contribution in [2.75, 3.05) is 13.1 Å². The number of aryl methyl sites for hydroxylation is 1. The summed E-state index contributed by atoms with van der Waals surface area (Å²) in [6.07, 6.45) is 0. The van der Waals surface area contributed by atoms with Crippen LogP contribution in [-0.2, 0) is 15.4 Å². The van der Waals surface area contributed by atoms with Crippen LogP contribution in [0.5, 0.6) is 0 Å². The molecule has 0 fully saturated rings. The molecule has 0 aromatic heterocycles. The van der Waals surface area contributed by atoms with E-state index in [0.717, 1.165) is 16.7 Å². The molecule has 1 heterocycles. The van der Waals surface area contributed by atoms with Crippen LogP contribution in [0.4, 0.5) is 13.2 Å². The maximum Gasteiger partial charge on any atom is 0.446 e. The Hall–Kier alpha value is -1.48. The first-order chi connectivity index (χ1) is 14.3. The first kappa shape index (κ1) is 22.7. The largest absolute Gasteiger partial charge is 0.446 e. The molecule has 0 saturated heterocycles. The molecule has 2 aromatic carbocycles. The van der Waals surface area contributed by atoms with E-state index in [1.54, 1.807) is 30.3 Å². The van der Waals surface area contributed by atoms with Crippen LogP contribution in [0.25, 0.3) is 5.57 Å². The summed E-state index contributed by atoms with van der Waals surface area (Å²) in [4.78, 5) is 0.0999. The van der Waals surface area contributed by atoms with Crippen molar-refractivity contribution in [2.45, 2.75) is 36.6 Å². The Morgan fingerprint density at radius 3 is 2.39 bits per heavy atom. The number of hydrogen-bond acceptors (Lipinski definition) is 3. The summed E-state index contributed by atoms with van der Waals surface area (Å²) in [7, 11) is -3.96. The average Bonchev–Trinajstić information content (AvgIpc) is 2.88. The number of halogens is 4. The number of benzene rings is 2. The van der Waals surface area contributed by atoms with Gasteiger partial charge in [-0.25, -0.2) is 8.42 Å². The van der Waals surface area contributed by atoms with Gasteiger partial charge in [-0.05, 0) is 65.1 Å². The van der Waals surface area contributed by atoms with Gasteiger partial charge in [0.2, 0.25) is 10.0 Å². The molecule has 0 radical (unpaired) electrons. The zero-order valence-corrected chi connectivity index (χ0v) is 19.5. The standard InChI is InChI=1S/C22H21ClF3NO2S2/c1-13-4-7-15(8-5-13)31(28,29)27-11-18-20(19(12-27)30-22(24,25)26)16-9-6-14(23)10-17(16)21(18,2)3/h4-10,18H,11-12H2,1-3H3/t18-/m1/s1. The fourth-order valence-electron chi connectivity index (χ4n) is 4.47. The minimum atomic E-state index is -4.52. The molecule has 0 N–H and O–H groups in total. The quantitative estimate of drug-likeness (QED) is 0.515. The number of sulfonamides is 1. The normalized spacial score (nSPS) is 21.2. The first-order valence-corrected chi connectivity index (χ1v) is 12.3. The molecule has 1 aliphatic heterocycles. The second-order valence-corrected chi connectivity index (χ2v) is 12.0. The van der Waals surface area contributed by atoms with Gasteiger partial charge in [-0.1, -0.05) is 49.2 Å².